The number of hydrogen-bond donors (Lipinski definition) is 1. The number of primary amides is 1. The number of amides is 1. The highest BCUT2D eigenvalue weighted by molar-refractivity contribution is 6.30. The molecular formula is C14H14ClNO. The van der Waals surface area contributed by atoms with Crippen molar-refractivity contribution in [1.82, 2.24) is 0 Å². The van der Waals surface area contributed by atoms with Gasteiger partial charge in [0.2, 0.25) is 5.91 Å². The molecule has 2 nitrogen and oxygen atoms in total. The molecule has 0 bridgehead atoms. The van der Waals surface area contributed by atoms with Gasteiger partial charge in [0.15, 0.2) is 0 Å². The first-order valence-electron chi connectivity index (χ1n) is 8.26. The maximum atomic E-state index is 11.9. The maximum absolute atomic E-state index is 11.9. The van der Waals surface area contributed by atoms with Crippen LogP contribution in [0, 0.1) is 5.89 Å². The van der Waals surface area contributed by atoms with E-state index in [0.717, 1.165) is 0 Å². The molecule has 88 valence electrons. The first-order valence-corrected chi connectivity index (χ1v) is 5.63. The van der Waals surface area contributed by atoms with Crippen LogP contribution in [0.2, 0.25) is 5.02 Å². The van der Waals surface area contributed by atoms with Gasteiger partial charge in [-0.1, -0.05) is 17.7 Å². The normalized spacial score (nSPS) is 37.7. The van der Waals surface area contributed by atoms with E-state index in [9.17, 15) is 4.79 Å². The van der Waals surface area contributed by atoms with E-state index >= 15 is 0 Å². The van der Waals surface area contributed by atoms with E-state index in [-0.39, 0.29) is 34.2 Å². The van der Waals surface area contributed by atoms with E-state index in [1.54, 1.807) is 6.07 Å². The molecule has 0 aromatic heterocycles. The molecule has 0 saturated heterocycles. The lowest BCUT2D eigenvalue weighted by Crippen LogP contribution is -2.27. The predicted octanol–water partition coefficient (Wildman–Crippen LogP) is 2.94. The van der Waals surface area contributed by atoms with Gasteiger partial charge >= 0.3 is 0 Å². The molecule has 0 fully saturated rings. The Kier molecular flexibility index (Phi) is 1.38. The van der Waals surface area contributed by atoms with Crippen LogP contribution >= 0.6 is 11.6 Å². The van der Waals surface area contributed by atoms with Crippen LogP contribution in [-0.2, 0) is 11.2 Å². The third kappa shape index (κ3) is 1.67. The van der Waals surface area contributed by atoms with Gasteiger partial charge in [-0.15, -0.1) is 0 Å². The van der Waals surface area contributed by atoms with Crippen molar-refractivity contribution in [3.8, 4) is 0 Å². The standard InChI is InChI=1S/C14H14ClNO/c15-9-5-4-8-6-13-10(12(8)7-9)2-1-3-11(13)14(16)17/h4-5,7,11H,1-3,6H2,(H2,16,17)/i2D2,3D2,7D,11D. The van der Waals surface area contributed by atoms with Crippen molar-refractivity contribution in [2.24, 2.45) is 11.6 Å². The highest BCUT2D eigenvalue weighted by atomic mass is 35.5. The van der Waals surface area contributed by atoms with Gasteiger partial charge in [0.05, 0.1) is 7.26 Å². The molecule has 3 rings (SSSR count). The van der Waals surface area contributed by atoms with Crippen molar-refractivity contribution in [1.29, 1.82) is 0 Å². The molecule has 0 aliphatic heterocycles. The van der Waals surface area contributed by atoms with Gasteiger partial charge in [0, 0.05) is 11.9 Å². The number of benzene rings is 1. The molecule has 3 heteroatoms. The highest BCUT2D eigenvalue weighted by Crippen LogP contribution is 2.44. The Labute approximate surface area is 114 Å². The van der Waals surface area contributed by atoms with Crippen molar-refractivity contribution >= 4 is 23.1 Å². The summed E-state index contributed by atoms with van der Waals surface area (Å²) in [6.07, 6.45) is -5.24. The first-order chi connectivity index (χ1) is 10.4. The zero-order chi connectivity index (χ0) is 17.4. The third-order valence-corrected chi connectivity index (χ3v) is 3.21. The number of rotatable bonds is 1. The summed E-state index contributed by atoms with van der Waals surface area (Å²) in [4.78, 5) is 11.9. The predicted molar refractivity (Wildman–Crippen MR) is 68.6 cm³/mol. The molecule has 0 saturated carbocycles. The van der Waals surface area contributed by atoms with Crippen molar-refractivity contribution in [3.63, 3.8) is 0 Å². The van der Waals surface area contributed by atoms with Gasteiger partial charge in [-0.2, -0.15) is 0 Å². The van der Waals surface area contributed by atoms with E-state index in [4.69, 9.17) is 25.6 Å². The van der Waals surface area contributed by atoms with Gasteiger partial charge in [0.1, 0.15) is 0 Å². The Bertz CT molecular complexity index is 775. The van der Waals surface area contributed by atoms with Crippen LogP contribution < -0.4 is 5.73 Å². The minimum absolute atomic E-state index is 0.00276. The van der Waals surface area contributed by atoms with Crippen LogP contribution in [0.15, 0.2) is 23.7 Å². The fourth-order valence-electron chi connectivity index (χ4n) is 2.27. The monoisotopic (exact) mass is 253 g/mol. The molecule has 1 amide bonds. The van der Waals surface area contributed by atoms with Crippen molar-refractivity contribution in [2.45, 2.75) is 25.6 Å². The number of carbonyl (C=O) groups excluding carboxylic acids is 1. The minimum Gasteiger partial charge on any atom is -0.369 e. The topological polar surface area (TPSA) is 43.1 Å². The number of halogens is 1. The molecule has 2 aliphatic rings. The van der Waals surface area contributed by atoms with E-state index in [0.29, 0.717) is 5.56 Å². The van der Waals surface area contributed by atoms with Gasteiger partial charge in [-0.25, -0.2) is 0 Å². The van der Waals surface area contributed by atoms with Crippen LogP contribution in [0.25, 0.3) is 5.57 Å². The average molecular weight is 254 g/mol. The molecular weight excluding hydrogens is 234 g/mol. The second-order valence-electron chi connectivity index (χ2n) is 4.01. The molecule has 2 N–H and O–H groups in total. The number of allylic oxidation sites excluding steroid dienone is 1. The molecule has 1 aromatic rings. The molecule has 2 aliphatic carbocycles. The van der Waals surface area contributed by atoms with Gasteiger partial charge < -0.3 is 5.73 Å². The number of carbonyl (C=O) groups is 1. The molecule has 0 heterocycles. The Hall–Kier alpha value is -1.28. The largest absolute Gasteiger partial charge is 0.369 e. The Morgan fingerprint density at radius 1 is 1.65 bits per heavy atom. The lowest BCUT2D eigenvalue weighted by Gasteiger charge is -2.22. The lowest BCUT2D eigenvalue weighted by atomic mass is 9.82. The summed E-state index contributed by atoms with van der Waals surface area (Å²) in [6, 6.07) is 3.04. The Morgan fingerprint density at radius 3 is 3.24 bits per heavy atom. The van der Waals surface area contributed by atoms with Crippen LogP contribution in [-0.4, -0.2) is 5.91 Å². The van der Waals surface area contributed by atoms with Crippen LogP contribution in [0.4, 0.5) is 0 Å². The molecule has 17 heavy (non-hydrogen) atoms. The van der Waals surface area contributed by atoms with Crippen molar-refractivity contribution < 1.29 is 13.0 Å². The number of hydrogen-bond acceptors (Lipinski definition) is 1. The van der Waals surface area contributed by atoms with E-state index in [1.165, 1.54) is 6.07 Å². The molecule has 0 spiro atoms. The summed E-state index contributed by atoms with van der Waals surface area (Å²) in [5, 5.41) is 0.136. The average Bonchev–Trinajstić information content (AvgIpc) is 2.80. The van der Waals surface area contributed by atoms with Crippen molar-refractivity contribution in [2.75, 3.05) is 0 Å². The summed E-state index contributed by atoms with van der Waals surface area (Å²) in [5.74, 6) is -3.53. The van der Waals surface area contributed by atoms with E-state index < -0.39 is 31.0 Å². The molecule has 0 radical (unpaired) electrons. The van der Waals surface area contributed by atoms with Crippen molar-refractivity contribution in [3.05, 3.63) is 39.9 Å². The Morgan fingerprint density at radius 2 is 2.47 bits per heavy atom. The lowest BCUT2D eigenvalue weighted by molar-refractivity contribution is -0.121. The van der Waals surface area contributed by atoms with E-state index in [1.807, 2.05) is 0 Å². The summed E-state index contributed by atoms with van der Waals surface area (Å²) in [5.41, 5.74) is 6.16. The fourth-order valence-corrected chi connectivity index (χ4v) is 2.43. The fraction of sp³-hybridized carbons (Fsp3) is 0.357. The summed E-state index contributed by atoms with van der Waals surface area (Å²) < 4.78 is 49.1. The SMILES string of the molecule is [2H]c1c(Cl)ccc2c1C1=C(C2)C([2H])(C(N)=O)C([2H])([2H])CC1([2H])[2H]. The van der Waals surface area contributed by atoms with Crippen LogP contribution in [0.1, 0.15) is 38.5 Å². The first kappa shape index (κ1) is 6.05. The second kappa shape index (κ2) is 3.88. The van der Waals surface area contributed by atoms with Crippen LogP contribution in [0.5, 0.6) is 0 Å². The van der Waals surface area contributed by atoms with Crippen LogP contribution in [0.3, 0.4) is 0 Å². The molecule has 1 atom stereocenters. The number of nitrogens with two attached hydrogens (primary N) is 1. The maximum Gasteiger partial charge on any atom is 0.224 e. The Balaban J connectivity index is 2.38. The summed E-state index contributed by atoms with van der Waals surface area (Å²) in [7, 11) is 0. The van der Waals surface area contributed by atoms with E-state index in [2.05, 4.69) is 0 Å². The second-order valence-corrected chi connectivity index (χ2v) is 4.41. The smallest absolute Gasteiger partial charge is 0.224 e. The van der Waals surface area contributed by atoms with Gasteiger partial charge in [0.25, 0.3) is 0 Å². The van der Waals surface area contributed by atoms with Gasteiger partial charge in [-0.05, 0) is 60.0 Å². The highest BCUT2D eigenvalue weighted by Gasteiger charge is 2.32. The number of fused-ring (bicyclic) bond motifs is 2. The summed E-state index contributed by atoms with van der Waals surface area (Å²) >= 11 is 5.96. The molecule has 1 aromatic carbocycles. The summed E-state index contributed by atoms with van der Waals surface area (Å²) in [6.45, 7) is 0. The quantitative estimate of drug-likeness (QED) is 0.822. The molecule has 1 unspecified atom stereocenters. The van der Waals surface area contributed by atoms with Gasteiger partial charge in [-0.3, -0.25) is 4.79 Å². The third-order valence-electron chi connectivity index (χ3n) is 2.99. The zero-order valence-electron chi connectivity index (χ0n) is 14.9. The minimum atomic E-state index is -2.45. The zero-order valence-corrected chi connectivity index (χ0v) is 9.69.